The normalized spacial score (nSPS) is 13.6. The van der Waals surface area contributed by atoms with Gasteiger partial charge in [-0.3, -0.25) is 0 Å². The van der Waals surface area contributed by atoms with Crippen LogP contribution in [0.15, 0.2) is 35.3 Å². The number of aliphatic imine (C=N–C) groups is 1. The fourth-order valence-electron chi connectivity index (χ4n) is 1.41. The van der Waals surface area contributed by atoms with Gasteiger partial charge >= 0.3 is 0 Å². The highest BCUT2D eigenvalue weighted by molar-refractivity contribution is 5.80. The van der Waals surface area contributed by atoms with Crippen molar-refractivity contribution in [1.82, 2.24) is 4.90 Å². The second kappa shape index (κ2) is 6.16. The van der Waals surface area contributed by atoms with E-state index in [9.17, 15) is 0 Å². The van der Waals surface area contributed by atoms with Crippen LogP contribution in [0.5, 0.6) is 0 Å². The van der Waals surface area contributed by atoms with Crippen LogP contribution < -0.4 is 5.73 Å². The predicted molar refractivity (Wildman–Crippen MR) is 69.8 cm³/mol. The van der Waals surface area contributed by atoms with Crippen molar-refractivity contribution in [3.05, 3.63) is 30.3 Å². The third kappa shape index (κ3) is 3.93. The summed E-state index contributed by atoms with van der Waals surface area (Å²) >= 11 is 0. The molecule has 0 spiro atoms. The van der Waals surface area contributed by atoms with Gasteiger partial charge in [-0.05, 0) is 18.1 Å². The molecule has 2 N–H and O–H groups in total. The average molecular weight is 219 g/mol. The van der Waals surface area contributed by atoms with E-state index in [4.69, 9.17) is 5.73 Å². The van der Waals surface area contributed by atoms with E-state index < -0.39 is 0 Å². The lowest BCUT2D eigenvalue weighted by atomic mass is 10.1. The molecule has 88 valence electrons. The number of hydrogen-bond donors (Lipinski definition) is 1. The van der Waals surface area contributed by atoms with Gasteiger partial charge in [-0.25, -0.2) is 4.99 Å². The number of nitrogens with zero attached hydrogens (tertiary/aromatic N) is 2. The van der Waals surface area contributed by atoms with E-state index in [-0.39, 0.29) is 0 Å². The van der Waals surface area contributed by atoms with Crippen molar-refractivity contribution >= 4 is 11.6 Å². The minimum atomic E-state index is 0.575. The molecule has 0 heterocycles. The zero-order valence-corrected chi connectivity index (χ0v) is 10.4. The molecule has 0 aliphatic heterocycles. The van der Waals surface area contributed by atoms with Gasteiger partial charge in [0.25, 0.3) is 0 Å². The standard InChI is InChI=1S/C13H21N3/c1-4-11(2)10-16(3)13(14)15-12-8-6-5-7-9-12/h5-9,11H,4,10H2,1-3H3,(H2,14,15). The molecule has 1 unspecified atom stereocenters. The Labute approximate surface area is 98.0 Å². The maximum absolute atomic E-state index is 5.93. The van der Waals surface area contributed by atoms with Crippen molar-refractivity contribution in [1.29, 1.82) is 0 Å². The fourth-order valence-corrected chi connectivity index (χ4v) is 1.41. The number of benzene rings is 1. The molecule has 0 fully saturated rings. The first-order valence-electron chi connectivity index (χ1n) is 5.73. The lowest BCUT2D eigenvalue weighted by Crippen LogP contribution is -2.36. The molecule has 0 bridgehead atoms. The molecular weight excluding hydrogens is 198 g/mol. The summed E-state index contributed by atoms with van der Waals surface area (Å²) < 4.78 is 0. The maximum Gasteiger partial charge on any atom is 0.196 e. The first-order chi connectivity index (χ1) is 7.63. The first-order valence-corrected chi connectivity index (χ1v) is 5.73. The lowest BCUT2D eigenvalue weighted by Gasteiger charge is -2.21. The molecule has 0 amide bonds. The Bertz CT molecular complexity index is 332. The third-order valence-corrected chi connectivity index (χ3v) is 2.67. The summed E-state index contributed by atoms with van der Waals surface area (Å²) in [6.45, 7) is 5.34. The monoisotopic (exact) mass is 219 g/mol. The molecule has 0 saturated heterocycles. The van der Waals surface area contributed by atoms with Gasteiger partial charge in [-0.1, -0.05) is 38.5 Å². The molecular formula is C13H21N3. The number of hydrogen-bond acceptors (Lipinski definition) is 1. The molecule has 1 rings (SSSR count). The van der Waals surface area contributed by atoms with Crippen LogP contribution in [0, 0.1) is 5.92 Å². The summed E-state index contributed by atoms with van der Waals surface area (Å²) in [5.41, 5.74) is 6.83. The molecule has 0 aliphatic carbocycles. The van der Waals surface area contributed by atoms with Crippen LogP contribution in [0.1, 0.15) is 20.3 Å². The SMILES string of the molecule is CCC(C)CN(C)C(N)=Nc1ccccc1. The van der Waals surface area contributed by atoms with Gasteiger partial charge in [0.15, 0.2) is 5.96 Å². The number of rotatable bonds is 4. The zero-order valence-electron chi connectivity index (χ0n) is 10.4. The van der Waals surface area contributed by atoms with E-state index in [1.165, 1.54) is 0 Å². The molecule has 0 radical (unpaired) electrons. The quantitative estimate of drug-likeness (QED) is 0.624. The van der Waals surface area contributed by atoms with Crippen molar-refractivity contribution < 1.29 is 0 Å². The topological polar surface area (TPSA) is 41.6 Å². The van der Waals surface area contributed by atoms with Crippen molar-refractivity contribution in [2.75, 3.05) is 13.6 Å². The molecule has 16 heavy (non-hydrogen) atoms. The van der Waals surface area contributed by atoms with Gasteiger partial charge in [-0.15, -0.1) is 0 Å². The van der Waals surface area contributed by atoms with E-state index in [0.717, 1.165) is 18.7 Å². The fraction of sp³-hybridized carbons (Fsp3) is 0.462. The van der Waals surface area contributed by atoms with E-state index in [2.05, 4.69) is 18.8 Å². The van der Waals surface area contributed by atoms with Crippen molar-refractivity contribution in [2.45, 2.75) is 20.3 Å². The minimum Gasteiger partial charge on any atom is -0.369 e. The predicted octanol–water partition coefficient (Wildman–Crippen LogP) is 2.61. The van der Waals surface area contributed by atoms with Crippen LogP contribution in [0.2, 0.25) is 0 Å². The van der Waals surface area contributed by atoms with Gasteiger partial charge in [0.2, 0.25) is 0 Å². The van der Waals surface area contributed by atoms with Crippen LogP contribution in [0.3, 0.4) is 0 Å². The highest BCUT2D eigenvalue weighted by atomic mass is 15.2. The van der Waals surface area contributed by atoms with Crippen LogP contribution in [0.4, 0.5) is 5.69 Å². The largest absolute Gasteiger partial charge is 0.369 e. The molecule has 0 saturated carbocycles. The number of para-hydroxylation sites is 1. The molecule has 3 nitrogen and oxygen atoms in total. The van der Waals surface area contributed by atoms with Gasteiger partial charge in [0, 0.05) is 13.6 Å². The molecule has 0 aliphatic rings. The Morgan fingerprint density at radius 2 is 2.00 bits per heavy atom. The Kier molecular flexibility index (Phi) is 4.83. The van der Waals surface area contributed by atoms with Crippen LogP contribution in [0.25, 0.3) is 0 Å². The number of guanidine groups is 1. The summed E-state index contributed by atoms with van der Waals surface area (Å²) in [6, 6.07) is 9.79. The van der Waals surface area contributed by atoms with Crippen LogP contribution in [-0.4, -0.2) is 24.5 Å². The van der Waals surface area contributed by atoms with Gasteiger partial charge < -0.3 is 10.6 Å². The Morgan fingerprint density at radius 3 is 2.56 bits per heavy atom. The van der Waals surface area contributed by atoms with E-state index in [0.29, 0.717) is 11.9 Å². The zero-order chi connectivity index (χ0) is 12.0. The smallest absolute Gasteiger partial charge is 0.196 e. The highest BCUT2D eigenvalue weighted by Crippen LogP contribution is 2.10. The second-order valence-corrected chi connectivity index (χ2v) is 4.20. The molecule has 1 aromatic rings. The summed E-state index contributed by atoms with van der Waals surface area (Å²) in [7, 11) is 1.98. The average Bonchev–Trinajstić information content (AvgIpc) is 2.30. The summed E-state index contributed by atoms with van der Waals surface area (Å²) in [4.78, 5) is 6.37. The van der Waals surface area contributed by atoms with Gasteiger partial charge in [0.05, 0.1) is 5.69 Å². The second-order valence-electron chi connectivity index (χ2n) is 4.20. The van der Waals surface area contributed by atoms with Gasteiger partial charge in [0.1, 0.15) is 0 Å². The minimum absolute atomic E-state index is 0.575. The molecule has 3 heteroatoms. The third-order valence-electron chi connectivity index (χ3n) is 2.67. The van der Waals surface area contributed by atoms with Crippen LogP contribution in [-0.2, 0) is 0 Å². The highest BCUT2D eigenvalue weighted by Gasteiger charge is 2.06. The van der Waals surface area contributed by atoms with E-state index in [1.807, 2.05) is 42.3 Å². The van der Waals surface area contributed by atoms with Crippen molar-refractivity contribution in [3.8, 4) is 0 Å². The van der Waals surface area contributed by atoms with Crippen molar-refractivity contribution in [3.63, 3.8) is 0 Å². The summed E-state index contributed by atoms with van der Waals surface area (Å²) in [5, 5.41) is 0. The molecule has 1 atom stereocenters. The number of nitrogens with two attached hydrogens (primary N) is 1. The maximum atomic E-state index is 5.93. The van der Waals surface area contributed by atoms with Crippen LogP contribution >= 0.6 is 0 Å². The molecule has 1 aromatic carbocycles. The summed E-state index contributed by atoms with van der Waals surface area (Å²) in [6.07, 6.45) is 1.16. The first kappa shape index (κ1) is 12.6. The lowest BCUT2D eigenvalue weighted by molar-refractivity contribution is 0.393. The van der Waals surface area contributed by atoms with E-state index in [1.54, 1.807) is 0 Å². The van der Waals surface area contributed by atoms with Crippen molar-refractivity contribution in [2.24, 2.45) is 16.6 Å². The molecule has 0 aromatic heterocycles. The Hall–Kier alpha value is -1.51. The van der Waals surface area contributed by atoms with Gasteiger partial charge in [-0.2, -0.15) is 0 Å². The Morgan fingerprint density at radius 1 is 1.38 bits per heavy atom. The summed E-state index contributed by atoms with van der Waals surface area (Å²) in [5.74, 6) is 1.21. The Balaban J connectivity index is 2.63. The van der Waals surface area contributed by atoms with E-state index >= 15 is 0 Å².